The number of benzene rings is 3. The van der Waals surface area contributed by atoms with Crippen molar-refractivity contribution in [1.82, 2.24) is 0 Å². The van der Waals surface area contributed by atoms with Gasteiger partial charge in [0.15, 0.2) is 0 Å². The molecule has 54 heavy (non-hydrogen) atoms. The highest BCUT2D eigenvalue weighted by molar-refractivity contribution is 5.91. The Bertz CT molecular complexity index is 1540. The highest BCUT2D eigenvalue weighted by Gasteiger charge is 2.36. The molecule has 3 aromatic rings. The van der Waals surface area contributed by atoms with Gasteiger partial charge < -0.3 is 28.4 Å². The lowest BCUT2D eigenvalue weighted by Gasteiger charge is -2.29. The summed E-state index contributed by atoms with van der Waals surface area (Å²) in [6.07, 6.45) is -4.53. The molecule has 0 aliphatic rings. The van der Waals surface area contributed by atoms with Crippen molar-refractivity contribution in [3.05, 3.63) is 89.5 Å². The number of hydrogen-bond acceptors (Lipinski definition) is 18. The van der Waals surface area contributed by atoms with Crippen LogP contribution in [0.5, 0.6) is 17.2 Å². The summed E-state index contributed by atoms with van der Waals surface area (Å²) in [4.78, 5) is 101. The molecule has 0 atom stereocenters. The third-order valence-electron chi connectivity index (χ3n) is 6.94. The molecule has 18 nitrogen and oxygen atoms in total. The molecule has 3 rings (SSSR count). The summed E-state index contributed by atoms with van der Waals surface area (Å²) >= 11 is 0. The summed E-state index contributed by atoms with van der Waals surface area (Å²) in [7, 11) is 0. The van der Waals surface area contributed by atoms with Gasteiger partial charge in [0.1, 0.15) is 37.1 Å². The third-order valence-corrected chi connectivity index (χ3v) is 6.94. The summed E-state index contributed by atoms with van der Waals surface area (Å²) in [5.41, 5.74) is -1.55. The topological polar surface area (TPSA) is 213 Å². The monoisotopic (exact) mass is 758 g/mol. The van der Waals surface area contributed by atoms with Crippen LogP contribution in [-0.2, 0) is 43.5 Å². The molecule has 0 N–H and O–H groups in total. The van der Waals surface area contributed by atoms with E-state index in [1.54, 1.807) is 45.9 Å². The fourth-order valence-electron chi connectivity index (χ4n) is 4.14. The number of ether oxygens (including phenoxy) is 6. The van der Waals surface area contributed by atoms with Gasteiger partial charge in [-0.05, 0) is 81.8 Å². The molecule has 0 radical (unpaired) electrons. The molecule has 290 valence electrons. The lowest BCUT2D eigenvalue weighted by atomic mass is 9.88. The molecule has 0 heterocycles. The largest absolute Gasteiger partial charge is 0.549 e. The Hall–Kier alpha value is -6.72. The van der Waals surface area contributed by atoms with Crippen molar-refractivity contribution >= 4 is 36.4 Å². The van der Waals surface area contributed by atoms with E-state index in [-0.39, 0.29) is 23.1 Å². The highest BCUT2D eigenvalue weighted by atomic mass is 17.2. The van der Waals surface area contributed by atoms with Gasteiger partial charge in [-0.15, -0.1) is 0 Å². The van der Waals surface area contributed by atoms with E-state index < -0.39 is 61.6 Å². The van der Waals surface area contributed by atoms with Crippen LogP contribution in [0.25, 0.3) is 0 Å². The van der Waals surface area contributed by atoms with Gasteiger partial charge in [0.2, 0.25) is 0 Å². The van der Waals surface area contributed by atoms with Gasteiger partial charge in [0.25, 0.3) is 0 Å². The zero-order valence-corrected chi connectivity index (χ0v) is 29.7. The Balaban J connectivity index is 1.61. The minimum Gasteiger partial charge on any atom is -0.494 e. The standard InChI is InChI=1S/C36H38O18/c1-5-36(21-46-33(40)52-49-30(37)24-12-9-15-27(18-24)43-6-2,22-47-34(41)53-50-31(38)25-13-10-16-28(19-25)44-7-3)23-48-35(42)54-51-32(39)26-14-11-17-29(20-26)45-8-4/h9-20H,5-8,21-23H2,1-4H3. The molecule has 0 aliphatic heterocycles. The molecule has 18 heteroatoms. The van der Waals surface area contributed by atoms with Gasteiger partial charge in [-0.2, -0.15) is 14.4 Å². The van der Waals surface area contributed by atoms with Gasteiger partial charge in [0, 0.05) is 0 Å². The van der Waals surface area contributed by atoms with Crippen molar-refractivity contribution in [2.45, 2.75) is 34.1 Å². The normalized spacial score (nSPS) is 10.4. The first-order valence-corrected chi connectivity index (χ1v) is 16.4. The smallest absolute Gasteiger partial charge is 0.494 e. The molecule has 0 saturated heterocycles. The molecular formula is C36H38O18. The Morgan fingerprint density at radius 3 is 1.00 bits per heavy atom. The summed E-state index contributed by atoms with van der Waals surface area (Å²) < 4.78 is 31.2. The maximum absolute atomic E-state index is 12.4. The van der Waals surface area contributed by atoms with E-state index >= 15 is 0 Å². The van der Waals surface area contributed by atoms with Gasteiger partial charge in [-0.3, -0.25) is 0 Å². The quantitative estimate of drug-likeness (QED) is 0.0673. The van der Waals surface area contributed by atoms with Gasteiger partial charge in [0.05, 0.1) is 41.9 Å². The first-order chi connectivity index (χ1) is 26.0. The summed E-state index contributed by atoms with van der Waals surface area (Å²) in [6.45, 7) is 5.76. The van der Waals surface area contributed by atoms with Gasteiger partial charge in [-0.1, -0.05) is 25.1 Å². The van der Waals surface area contributed by atoms with Crippen LogP contribution < -0.4 is 14.2 Å². The second kappa shape index (κ2) is 21.6. The Labute approximate surface area is 308 Å². The Morgan fingerprint density at radius 2 is 0.741 bits per heavy atom. The predicted molar refractivity (Wildman–Crippen MR) is 179 cm³/mol. The molecule has 0 amide bonds. The van der Waals surface area contributed by atoms with E-state index in [1.807, 2.05) is 0 Å². The minimum atomic E-state index is -1.56. The van der Waals surface area contributed by atoms with Crippen molar-refractivity contribution in [2.24, 2.45) is 5.41 Å². The highest BCUT2D eigenvalue weighted by Crippen LogP contribution is 2.26. The van der Waals surface area contributed by atoms with E-state index in [2.05, 4.69) is 29.3 Å². The number of carbonyl (C=O) groups is 6. The third kappa shape index (κ3) is 13.8. The maximum atomic E-state index is 12.4. The zero-order valence-electron chi connectivity index (χ0n) is 29.7. The van der Waals surface area contributed by atoms with E-state index in [0.717, 1.165) is 0 Å². The molecule has 0 aromatic heterocycles. The van der Waals surface area contributed by atoms with Crippen LogP contribution in [0, 0.1) is 5.41 Å². The van der Waals surface area contributed by atoms with E-state index in [0.29, 0.717) is 37.1 Å². The molecule has 0 unspecified atom stereocenters. The molecular weight excluding hydrogens is 720 g/mol. The first kappa shape index (κ1) is 41.7. The van der Waals surface area contributed by atoms with Crippen molar-refractivity contribution in [2.75, 3.05) is 39.6 Å². The van der Waals surface area contributed by atoms with Crippen LogP contribution in [0.4, 0.5) is 14.4 Å². The Morgan fingerprint density at radius 1 is 0.444 bits per heavy atom. The van der Waals surface area contributed by atoms with Crippen molar-refractivity contribution < 1.29 is 86.5 Å². The second-order valence-corrected chi connectivity index (χ2v) is 10.7. The van der Waals surface area contributed by atoms with Crippen molar-refractivity contribution in [3.63, 3.8) is 0 Å². The average molecular weight is 759 g/mol. The number of hydrogen-bond donors (Lipinski definition) is 0. The van der Waals surface area contributed by atoms with E-state index in [1.165, 1.54) is 54.6 Å². The molecule has 0 aliphatic carbocycles. The van der Waals surface area contributed by atoms with E-state index in [4.69, 9.17) is 28.4 Å². The molecule has 0 spiro atoms. The lowest BCUT2D eigenvalue weighted by molar-refractivity contribution is -0.217. The fourth-order valence-corrected chi connectivity index (χ4v) is 4.14. The molecule has 0 fully saturated rings. The summed E-state index contributed by atoms with van der Waals surface area (Å²) in [5.74, 6) is -2.04. The van der Waals surface area contributed by atoms with Crippen LogP contribution in [0.2, 0.25) is 0 Å². The first-order valence-electron chi connectivity index (χ1n) is 16.4. The van der Waals surface area contributed by atoms with Crippen LogP contribution in [0.15, 0.2) is 72.8 Å². The molecule has 0 saturated carbocycles. The maximum Gasteiger partial charge on any atom is 0.549 e. The van der Waals surface area contributed by atoms with Crippen molar-refractivity contribution in [3.8, 4) is 17.2 Å². The summed E-state index contributed by atoms with van der Waals surface area (Å²) in [5, 5.41) is 0. The lowest BCUT2D eigenvalue weighted by Crippen LogP contribution is -2.39. The van der Waals surface area contributed by atoms with Gasteiger partial charge in [-0.25, -0.2) is 43.7 Å². The average Bonchev–Trinajstić information content (AvgIpc) is 3.18. The Kier molecular flexibility index (Phi) is 16.7. The van der Waals surface area contributed by atoms with Crippen LogP contribution in [0.3, 0.4) is 0 Å². The van der Waals surface area contributed by atoms with Crippen LogP contribution in [-0.4, -0.2) is 76.0 Å². The molecule has 3 aromatic carbocycles. The van der Waals surface area contributed by atoms with Crippen LogP contribution >= 0.6 is 0 Å². The second-order valence-electron chi connectivity index (χ2n) is 10.7. The predicted octanol–water partition coefficient (Wildman–Crippen LogP) is 6.35. The zero-order chi connectivity index (χ0) is 39.3. The SMILES string of the molecule is CCOc1cccc(C(=O)OOC(=O)OCC(CC)(COC(=O)OOC(=O)c2cccc(OCC)c2)COC(=O)OOC(=O)c2cccc(OCC)c2)c1. The number of carbonyl (C=O) groups excluding carboxylic acids is 6. The number of rotatable bonds is 16. The summed E-state index contributed by atoms with van der Waals surface area (Å²) in [6, 6.07) is 17.6. The minimum absolute atomic E-state index is 0.000811. The van der Waals surface area contributed by atoms with E-state index in [9.17, 15) is 28.8 Å². The van der Waals surface area contributed by atoms with Crippen molar-refractivity contribution in [1.29, 1.82) is 0 Å². The molecule has 0 bridgehead atoms. The van der Waals surface area contributed by atoms with Crippen LogP contribution in [0.1, 0.15) is 65.2 Å². The van der Waals surface area contributed by atoms with Gasteiger partial charge >= 0.3 is 36.4 Å². The fraction of sp³-hybridized carbons (Fsp3) is 0.333.